The number of benzene rings is 2. The summed E-state index contributed by atoms with van der Waals surface area (Å²) in [6.45, 7) is 0. The van der Waals surface area contributed by atoms with Crippen LogP contribution in [0.5, 0.6) is 0 Å². The average Bonchev–Trinajstić information content (AvgIpc) is 3.39. The average molecular weight is 430 g/mol. The van der Waals surface area contributed by atoms with Crippen molar-refractivity contribution in [2.75, 3.05) is 4.90 Å². The van der Waals surface area contributed by atoms with Crippen LogP contribution < -0.4 is 10.2 Å². The molecule has 0 unspecified atom stereocenters. The van der Waals surface area contributed by atoms with Gasteiger partial charge in [0.05, 0.1) is 11.7 Å². The fourth-order valence-electron chi connectivity index (χ4n) is 3.66. The Hall–Kier alpha value is -3.09. The van der Waals surface area contributed by atoms with E-state index in [-0.39, 0.29) is 12.1 Å². The molecule has 30 heavy (non-hydrogen) atoms. The molecular weight excluding hydrogens is 410 g/mol. The van der Waals surface area contributed by atoms with Crippen molar-refractivity contribution in [3.05, 3.63) is 109 Å². The van der Waals surface area contributed by atoms with E-state index < -0.39 is 0 Å². The van der Waals surface area contributed by atoms with Crippen molar-refractivity contribution in [2.45, 2.75) is 22.1 Å². The number of anilines is 1. The highest BCUT2D eigenvalue weighted by molar-refractivity contribution is 7.99. The third-order valence-corrected chi connectivity index (χ3v) is 6.23. The van der Waals surface area contributed by atoms with Gasteiger partial charge in [-0.3, -0.25) is 4.98 Å². The molecule has 6 heteroatoms. The minimum absolute atomic E-state index is 0.111. The van der Waals surface area contributed by atoms with Crippen LogP contribution in [0.1, 0.15) is 23.5 Å². The Morgan fingerprint density at radius 2 is 1.60 bits per heavy atom. The van der Waals surface area contributed by atoms with Crippen molar-refractivity contribution in [3.63, 3.8) is 0 Å². The summed E-state index contributed by atoms with van der Waals surface area (Å²) in [6, 6.07) is 30.1. The van der Waals surface area contributed by atoms with Gasteiger partial charge in [-0.05, 0) is 60.7 Å². The van der Waals surface area contributed by atoms with Crippen LogP contribution in [0.4, 0.5) is 5.69 Å². The van der Waals surface area contributed by atoms with Crippen LogP contribution >= 0.6 is 24.0 Å². The third-order valence-electron chi connectivity index (χ3n) is 4.99. The Morgan fingerprint density at radius 3 is 2.33 bits per heavy atom. The van der Waals surface area contributed by atoms with Crippen molar-refractivity contribution < 1.29 is 4.42 Å². The van der Waals surface area contributed by atoms with Gasteiger partial charge in [-0.15, -0.1) is 0 Å². The van der Waals surface area contributed by atoms with E-state index in [1.165, 1.54) is 0 Å². The summed E-state index contributed by atoms with van der Waals surface area (Å²) in [4.78, 5) is 7.83. The summed E-state index contributed by atoms with van der Waals surface area (Å²) in [5, 5.41) is 4.97. The zero-order chi connectivity index (χ0) is 20.3. The summed E-state index contributed by atoms with van der Waals surface area (Å²) >= 11 is 7.34. The summed E-state index contributed by atoms with van der Waals surface area (Å²) in [6.07, 6.45) is 1.81. The quantitative estimate of drug-likeness (QED) is 0.392. The molecule has 2 aromatic carbocycles. The van der Waals surface area contributed by atoms with Crippen LogP contribution in [0.15, 0.2) is 112 Å². The van der Waals surface area contributed by atoms with Gasteiger partial charge in [-0.2, -0.15) is 0 Å². The Morgan fingerprint density at radius 1 is 0.867 bits per heavy atom. The summed E-state index contributed by atoms with van der Waals surface area (Å²) in [5.41, 5.74) is 1.95. The fourth-order valence-corrected chi connectivity index (χ4v) is 4.81. The minimum Gasteiger partial charge on any atom is -0.452 e. The lowest BCUT2D eigenvalue weighted by Gasteiger charge is -2.26. The molecule has 0 bridgehead atoms. The predicted octanol–water partition coefficient (Wildman–Crippen LogP) is 6.00. The smallest absolute Gasteiger partial charge is 0.174 e. The van der Waals surface area contributed by atoms with E-state index in [0.29, 0.717) is 5.11 Å². The van der Waals surface area contributed by atoms with Crippen LogP contribution in [-0.2, 0) is 0 Å². The molecule has 1 fully saturated rings. The third kappa shape index (κ3) is 3.72. The number of thiocarbonyl (C=S) groups is 1. The van der Waals surface area contributed by atoms with E-state index in [1.54, 1.807) is 18.0 Å². The first-order valence-corrected chi connectivity index (χ1v) is 10.9. The molecule has 4 aromatic rings. The SMILES string of the molecule is S=C1N[C@@H](c2ccccn2)[C@H](c2ccc(Sc3ccccc3)o2)N1c1ccccc1. The Labute approximate surface area is 184 Å². The number of hydrogen-bond acceptors (Lipinski definition) is 4. The maximum atomic E-state index is 6.32. The molecule has 0 saturated carbocycles. The zero-order valence-electron chi connectivity index (χ0n) is 16.0. The van der Waals surface area contributed by atoms with Crippen LogP contribution in [0.25, 0.3) is 0 Å². The lowest BCUT2D eigenvalue weighted by Crippen LogP contribution is -2.29. The first-order valence-electron chi connectivity index (χ1n) is 9.68. The Kier molecular flexibility index (Phi) is 5.26. The monoisotopic (exact) mass is 429 g/mol. The molecule has 1 aliphatic rings. The van der Waals surface area contributed by atoms with Gasteiger partial charge < -0.3 is 14.6 Å². The van der Waals surface area contributed by atoms with Gasteiger partial charge in [0.1, 0.15) is 11.8 Å². The predicted molar refractivity (Wildman–Crippen MR) is 124 cm³/mol. The van der Waals surface area contributed by atoms with E-state index in [1.807, 2.05) is 66.7 Å². The van der Waals surface area contributed by atoms with Crippen molar-refractivity contribution in [1.82, 2.24) is 10.3 Å². The molecule has 0 radical (unpaired) electrons. The van der Waals surface area contributed by atoms with E-state index in [0.717, 1.165) is 27.1 Å². The number of rotatable bonds is 5. The first kappa shape index (κ1) is 18.9. The number of aromatic nitrogens is 1. The van der Waals surface area contributed by atoms with Gasteiger partial charge in [0, 0.05) is 16.8 Å². The van der Waals surface area contributed by atoms with E-state index in [2.05, 4.69) is 39.5 Å². The molecule has 2 atom stereocenters. The molecule has 1 saturated heterocycles. The molecule has 1 aliphatic heterocycles. The number of nitrogens with one attached hydrogen (secondary N) is 1. The Balaban J connectivity index is 1.53. The van der Waals surface area contributed by atoms with E-state index >= 15 is 0 Å². The highest BCUT2D eigenvalue weighted by atomic mass is 32.2. The molecule has 0 amide bonds. The van der Waals surface area contributed by atoms with Gasteiger partial charge >= 0.3 is 0 Å². The molecule has 3 heterocycles. The number of nitrogens with zero attached hydrogens (tertiary/aromatic N) is 2. The summed E-state index contributed by atoms with van der Waals surface area (Å²) < 4.78 is 6.32. The maximum absolute atomic E-state index is 6.32. The van der Waals surface area contributed by atoms with Crippen LogP contribution in [0, 0.1) is 0 Å². The second kappa shape index (κ2) is 8.34. The highest BCUT2D eigenvalue weighted by Gasteiger charge is 2.42. The molecule has 5 rings (SSSR count). The van der Waals surface area contributed by atoms with Gasteiger partial charge in [-0.25, -0.2) is 0 Å². The molecule has 2 aromatic heterocycles. The maximum Gasteiger partial charge on any atom is 0.174 e. The summed E-state index contributed by atoms with van der Waals surface area (Å²) in [7, 11) is 0. The van der Waals surface area contributed by atoms with Crippen LogP contribution in [0.2, 0.25) is 0 Å². The number of hydrogen-bond donors (Lipinski definition) is 1. The number of pyridine rings is 1. The Bertz CT molecular complexity index is 1130. The van der Waals surface area contributed by atoms with E-state index in [4.69, 9.17) is 16.6 Å². The van der Waals surface area contributed by atoms with Gasteiger partial charge in [-0.1, -0.05) is 54.2 Å². The topological polar surface area (TPSA) is 41.3 Å². The number of para-hydroxylation sites is 1. The largest absolute Gasteiger partial charge is 0.452 e. The van der Waals surface area contributed by atoms with E-state index in [9.17, 15) is 0 Å². The first-order chi connectivity index (χ1) is 14.8. The minimum atomic E-state index is -0.139. The second-order valence-corrected chi connectivity index (χ2v) is 8.37. The number of furan rings is 1. The van der Waals surface area contributed by atoms with Crippen LogP contribution in [0.3, 0.4) is 0 Å². The lowest BCUT2D eigenvalue weighted by molar-refractivity contribution is 0.383. The van der Waals surface area contributed by atoms with Crippen molar-refractivity contribution >= 4 is 34.8 Å². The lowest BCUT2D eigenvalue weighted by atomic mass is 10.0. The molecular formula is C24H19N3OS2. The standard InChI is InChI=1S/C24H19N3OS2/c29-24-26-22(19-13-7-8-16-25-19)23(27(24)17-9-3-1-4-10-17)20-14-15-21(28-20)30-18-11-5-2-6-12-18/h1-16,22-23H,(H,26,29)/t22-,23-/m0/s1. The summed E-state index contributed by atoms with van der Waals surface area (Å²) in [5.74, 6) is 0.847. The molecule has 1 N–H and O–H groups in total. The normalized spacial score (nSPS) is 18.4. The molecule has 148 valence electrons. The fraction of sp³-hybridized carbons (Fsp3) is 0.0833. The molecule has 0 aliphatic carbocycles. The van der Waals surface area contributed by atoms with Gasteiger partial charge in [0.25, 0.3) is 0 Å². The highest BCUT2D eigenvalue weighted by Crippen LogP contribution is 2.43. The molecule has 0 spiro atoms. The van der Waals surface area contributed by atoms with Gasteiger partial charge in [0.15, 0.2) is 10.2 Å². The van der Waals surface area contributed by atoms with Crippen molar-refractivity contribution in [2.24, 2.45) is 0 Å². The second-order valence-electron chi connectivity index (χ2n) is 6.90. The van der Waals surface area contributed by atoms with Crippen LogP contribution in [-0.4, -0.2) is 10.1 Å². The zero-order valence-corrected chi connectivity index (χ0v) is 17.6. The van der Waals surface area contributed by atoms with Gasteiger partial charge in [0.2, 0.25) is 0 Å². The van der Waals surface area contributed by atoms with Crippen molar-refractivity contribution in [3.8, 4) is 0 Å². The van der Waals surface area contributed by atoms with Crippen molar-refractivity contribution in [1.29, 1.82) is 0 Å². The molecule has 4 nitrogen and oxygen atoms in total.